The van der Waals surface area contributed by atoms with Crippen LogP contribution in [0.2, 0.25) is 0 Å². The molecule has 0 aromatic heterocycles. The van der Waals surface area contributed by atoms with Crippen LogP contribution in [0, 0.1) is 5.92 Å². The van der Waals surface area contributed by atoms with Gasteiger partial charge < -0.3 is 10.1 Å². The predicted molar refractivity (Wildman–Crippen MR) is 77.0 cm³/mol. The quantitative estimate of drug-likeness (QED) is 0.465. The number of hydrogen-bond donors (Lipinski definition) is 1. The van der Waals surface area contributed by atoms with Gasteiger partial charge in [0.1, 0.15) is 6.29 Å². The third-order valence-corrected chi connectivity index (χ3v) is 2.71. The zero-order chi connectivity index (χ0) is 14.3. The summed E-state index contributed by atoms with van der Waals surface area (Å²) in [5, 5.41) is 3.07. The summed E-state index contributed by atoms with van der Waals surface area (Å²) in [4.78, 5) is 22.9. The maximum atomic E-state index is 11.9. The Morgan fingerprint density at radius 2 is 1.89 bits per heavy atom. The molecule has 1 atom stereocenters. The minimum Gasteiger partial charge on any atom is -0.379 e. The largest absolute Gasteiger partial charge is 0.379 e. The molecule has 0 unspecified atom stereocenters. The third kappa shape index (κ3) is 5.51. The highest BCUT2D eigenvalue weighted by Crippen LogP contribution is 2.06. The Bertz CT molecular complexity index is 449. The monoisotopic (exact) mass is 259 g/mol. The van der Waals surface area contributed by atoms with Crippen molar-refractivity contribution in [1.82, 2.24) is 5.32 Å². The minimum absolute atomic E-state index is 0.0557. The summed E-state index contributed by atoms with van der Waals surface area (Å²) in [6, 6.07) is 8.85. The van der Waals surface area contributed by atoms with Gasteiger partial charge >= 0.3 is 0 Å². The number of carbonyl (C=O) groups is 2. The van der Waals surface area contributed by atoms with Crippen LogP contribution in [-0.4, -0.2) is 18.1 Å². The highest BCUT2D eigenvalue weighted by atomic mass is 16.1. The average Bonchev–Trinajstić information content (AvgIpc) is 2.38. The second-order valence-corrected chi connectivity index (χ2v) is 5.07. The molecule has 0 spiro atoms. The molecular formula is C16H21NO2. The molecule has 0 aliphatic carbocycles. The first-order valence-electron chi connectivity index (χ1n) is 6.52. The highest BCUT2D eigenvalue weighted by molar-refractivity contribution is 6.04. The SMILES string of the molecule is CC(=CC(=O)c1ccccc1)N[C@H](C=O)CC(C)C. The molecule has 19 heavy (non-hydrogen) atoms. The second kappa shape index (κ2) is 7.52. The van der Waals surface area contributed by atoms with Crippen LogP contribution in [0.25, 0.3) is 0 Å². The molecule has 3 nitrogen and oxygen atoms in total. The number of nitrogens with one attached hydrogen (secondary N) is 1. The minimum atomic E-state index is -0.236. The number of rotatable bonds is 7. The molecular weight excluding hydrogens is 238 g/mol. The van der Waals surface area contributed by atoms with E-state index >= 15 is 0 Å². The van der Waals surface area contributed by atoms with Crippen molar-refractivity contribution in [3.8, 4) is 0 Å². The predicted octanol–water partition coefficient (Wildman–Crippen LogP) is 2.98. The number of aldehydes is 1. The summed E-state index contributed by atoms with van der Waals surface area (Å²) in [6.45, 7) is 5.93. The Morgan fingerprint density at radius 1 is 1.26 bits per heavy atom. The van der Waals surface area contributed by atoms with Gasteiger partial charge in [0.05, 0.1) is 6.04 Å². The number of benzene rings is 1. The molecule has 1 aromatic carbocycles. The maximum Gasteiger partial charge on any atom is 0.187 e. The Morgan fingerprint density at radius 3 is 2.42 bits per heavy atom. The molecule has 1 rings (SSSR count). The van der Waals surface area contributed by atoms with E-state index in [0.29, 0.717) is 17.2 Å². The van der Waals surface area contributed by atoms with Crippen molar-refractivity contribution in [3.05, 3.63) is 47.7 Å². The second-order valence-electron chi connectivity index (χ2n) is 5.07. The molecule has 1 N–H and O–H groups in total. The summed E-state index contributed by atoms with van der Waals surface area (Å²) in [5.41, 5.74) is 1.36. The molecule has 0 amide bonds. The molecule has 0 aliphatic heterocycles. The van der Waals surface area contributed by atoms with Crippen LogP contribution in [-0.2, 0) is 4.79 Å². The summed E-state index contributed by atoms with van der Waals surface area (Å²) >= 11 is 0. The van der Waals surface area contributed by atoms with E-state index in [9.17, 15) is 9.59 Å². The van der Waals surface area contributed by atoms with Crippen molar-refractivity contribution in [1.29, 1.82) is 0 Å². The van der Waals surface area contributed by atoms with Crippen molar-refractivity contribution < 1.29 is 9.59 Å². The van der Waals surface area contributed by atoms with Crippen molar-refractivity contribution in [3.63, 3.8) is 0 Å². The van der Waals surface area contributed by atoms with Crippen LogP contribution in [0.15, 0.2) is 42.1 Å². The molecule has 102 valence electrons. The zero-order valence-corrected chi connectivity index (χ0v) is 11.7. The van der Waals surface area contributed by atoms with Crippen molar-refractivity contribution in [2.45, 2.75) is 33.2 Å². The standard InChI is InChI=1S/C16H21NO2/c1-12(2)9-15(11-18)17-13(3)10-16(19)14-7-5-4-6-8-14/h4-8,10-12,15,17H,9H2,1-3H3/t15-/m0/s1. The molecule has 0 heterocycles. The summed E-state index contributed by atoms with van der Waals surface area (Å²) in [6.07, 6.45) is 3.19. The fourth-order valence-electron chi connectivity index (χ4n) is 1.87. The molecule has 0 radical (unpaired) electrons. The molecule has 0 bridgehead atoms. The van der Waals surface area contributed by atoms with Gasteiger partial charge in [0.15, 0.2) is 5.78 Å². The Balaban J connectivity index is 2.66. The number of allylic oxidation sites excluding steroid dienone is 2. The molecule has 0 saturated heterocycles. The van der Waals surface area contributed by atoms with Gasteiger partial charge in [-0.15, -0.1) is 0 Å². The first-order chi connectivity index (χ1) is 9.02. The number of hydrogen-bond acceptors (Lipinski definition) is 3. The third-order valence-electron chi connectivity index (χ3n) is 2.71. The van der Waals surface area contributed by atoms with Crippen LogP contribution in [0.1, 0.15) is 37.6 Å². The van der Waals surface area contributed by atoms with Crippen molar-refractivity contribution in [2.24, 2.45) is 5.92 Å². The molecule has 0 fully saturated rings. The lowest BCUT2D eigenvalue weighted by atomic mass is 10.0. The van der Waals surface area contributed by atoms with E-state index in [1.807, 2.05) is 18.2 Å². The van der Waals surface area contributed by atoms with Gasteiger partial charge in [0, 0.05) is 17.3 Å². The molecule has 3 heteroatoms. The van der Waals surface area contributed by atoms with Crippen molar-refractivity contribution in [2.75, 3.05) is 0 Å². The molecule has 1 aromatic rings. The van der Waals surface area contributed by atoms with Gasteiger partial charge in [0.2, 0.25) is 0 Å². The summed E-state index contributed by atoms with van der Waals surface area (Å²) in [7, 11) is 0. The van der Waals surface area contributed by atoms with E-state index in [2.05, 4.69) is 19.2 Å². The lowest BCUT2D eigenvalue weighted by Crippen LogP contribution is -2.30. The van der Waals surface area contributed by atoms with E-state index in [1.54, 1.807) is 19.1 Å². The Hall–Kier alpha value is -1.90. The summed E-state index contributed by atoms with van der Waals surface area (Å²) < 4.78 is 0. The van der Waals surface area contributed by atoms with Crippen LogP contribution in [0.3, 0.4) is 0 Å². The topological polar surface area (TPSA) is 46.2 Å². The van der Waals surface area contributed by atoms with Gasteiger partial charge in [-0.1, -0.05) is 44.2 Å². The average molecular weight is 259 g/mol. The van der Waals surface area contributed by atoms with E-state index in [4.69, 9.17) is 0 Å². The maximum absolute atomic E-state index is 11.9. The van der Waals surface area contributed by atoms with Crippen molar-refractivity contribution >= 4 is 12.1 Å². The first-order valence-corrected chi connectivity index (χ1v) is 6.52. The zero-order valence-electron chi connectivity index (χ0n) is 11.7. The fourth-order valence-corrected chi connectivity index (χ4v) is 1.87. The van der Waals surface area contributed by atoms with Crippen LogP contribution >= 0.6 is 0 Å². The normalized spacial score (nSPS) is 13.2. The van der Waals surface area contributed by atoms with Gasteiger partial charge in [0.25, 0.3) is 0 Å². The van der Waals surface area contributed by atoms with Crippen LogP contribution in [0.5, 0.6) is 0 Å². The smallest absolute Gasteiger partial charge is 0.187 e. The lowest BCUT2D eigenvalue weighted by Gasteiger charge is -2.16. The van der Waals surface area contributed by atoms with E-state index in [1.165, 1.54) is 6.08 Å². The number of ketones is 1. The van der Waals surface area contributed by atoms with E-state index in [0.717, 1.165) is 12.7 Å². The van der Waals surface area contributed by atoms with E-state index < -0.39 is 0 Å². The van der Waals surface area contributed by atoms with Gasteiger partial charge in [-0.05, 0) is 19.3 Å². The number of carbonyl (C=O) groups excluding carboxylic acids is 2. The van der Waals surface area contributed by atoms with Gasteiger partial charge in [-0.2, -0.15) is 0 Å². The van der Waals surface area contributed by atoms with E-state index in [-0.39, 0.29) is 11.8 Å². The van der Waals surface area contributed by atoms with Crippen LogP contribution < -0.4 is 5.32 Å². The first kappa shape index (κ1) is 15.2. The Kier molecular flexibility index (Phi) is 6.00. The molecule has 0 saturated carbocycles. The van der Waals surface area contributed by atoms with Gasteiger partial charge in [-0.25, -0.2) is 0 Å². The lowest BCUT2D eigenvalue weighted by molar-refractivity contribution is -0.109. The molecule has 0 aliphatic rings. The fraction of sp³-hybridized carbons (Fsp3) is 0.375. The van der Waals surface area contributed by atoms with Gasteiger partial charge in [-0.3, -0.25) is 4.79 Å². The Labute approximate surface area is 114 Å². The summed E-state index contributed by atoms with van der Waals surface area (Å²) in [5.74, 6) is 0.375. The van der Waals surface area contributed by atoms with Crippen LogP contribution in [0.4, 0.5) is 0 Å². The highest BCUT2D eigenvalue weighted by Gasteiger charge is 2.10.